The summed E-state index contributed by atoms with van der Waals surface area (Å²) in [4.78, 5) is 14.8. The summed E-state index contributed by atoms with van der Waals surface area (Å²) in [6.45, 7) is 1.80. The Morgan fingerprint density at radius 3 is 2.81 bits per heavy atom. The lowest BCUT2D eigenvalue weighted by Gasteiger charge is -2.33. The summed E-state index contributed by atoms with van der Waals surface area (Å²) in [6.07, 6.45) is 4.45. The van der Waals surface area contributed by atoms with Crippen molar-refractivity contribution in [1.82, 2.24) is 14.7 Å². The van der Waals surface area contributed by atoms with E-state index in [1.165, 1.54) is 5.56 Å². The monoisotopic (exact) mass is 347 g/mol. The Balaban J connectivity index is 1.47. The van der Waals surface area contributed by atoms with Crippen LogP contribution in [0, 0.1) is 0 Å². The van der Waals surface area contributed by atoms with Crippen LogP contribution in [0.15, 0.2) is 73.1 Å². The molecule has 1 atom stereocenters. The standard InChI is InChI=1S/C21H21N3O2/c25-21(18-8-4-9-19(15-18)24-11-5-10-22-24)23-12-13-26-20(16-23)14-17-6-2-1-3-7-17/h1-11,15,20H,12-14,16H2/t20-/m1/s1. The van der Waals surface area contributed by atoms with E-state index < -0.39 is 0 Å². The van der Waals surface area contributed by atoms with E-state index in [-0.39, 0.29) is 12.0 Å². The number of carbonyl (C=O) groups excluding carboxylic acids is 1. The van der Waals surface area contributed by atoms with Crippen LogP contribution in [0.4, 0.5) is 0 Å². The smallest absolute Gasteiger partial charge is 0.254 e. The molecule has 1 aliphatic heterocycles. The lowest BCUT2D eigenvalue weighted by atomic mass is 10.1. The topological polar surface area (TPSA) is 47.4 Å². The maximum atomic E-state index is 13.0. The third-order valence-electron chi connectivity index (χ3n) is 4.59. The minimum absolute atomic E-state index is 0.0319. The zero-order chi connectivity index (χ0) is 17.8. The van der Waals surface area contributed by atoms with Gasteiger partial charge < -0.3 is 9.64 Å². The molecular formula is C21H21N3O2. The molecule has 4 rings (SSSR count). The first-order valence-corrected chi connectivity index (χ1v) is 8.84. The minimum Gasteiger partial charge on any atom is -0.374 e. The van der Waals surface area contributed by atoms with Gasteiger partial charge in [0.1, 0.15) is 0 Å². The fourth-order valence-electron chi connectivity index (χ4n) is 3.29. The average molecular weight is 347 g/mol. The first-order valence-electron chi connectivity index (χ1n) is 8.84. The first kappa shape index (κ1) is 16.5. The quantitative estimate of drug-likeness (QED) is 0.729. The molecule has 1 fully saturated rings. The molecule has 0 bridgehead atoms. The van der Waals surface area contributed by atoms with Gasteiger partial charge in [-0.2, -0.15) is 5.10 Å². The van der Waals surface area contributed by atoms with Crippen molar-refractivity contribution in [3.05, 3.63) is 84.2 Å². The molecule has 3 aromatic rings. The van der Waals surface area contributed by atoms with Crippen molar-refractivity contribution in [3.8, 4) is 5.69 Å². The summed E-state index contributed by atoms with van der Waals surface area (Å²) in [7, 11) is 0. The Morgan fingerprint density at radius 1 is 1.12 bits per heavy atom. The maximum absolute atomic E-state index is 13.0. The Kier molecular flexibility index (Phi) is 4.80. The normalized spacial score (nSPS) is 17.2. The highest BCUT2D eigenvalue weighted by atomic mass is 16.5. The molecule has 1 aliphatic rings. The van der Waals surface area contributed by atoms with E-state index in [1.807, 2.05) is 59.6 Å². The number of hydrogen-bond donors (Lipinski definition) is 0. The van der Waals surface area contributed by atoms with Crippen LogP contribution < -0.4 is 0 Å². The molecule has 1 saturated heterocycles. The van der Waals surface area contributed by atoms with Gasteiger partial charge in [0.05, 0.1) is 18.4 Å². The molecule has 0 radical (unpaired) electrons. The molecule has 2 heterocycles. The fourth-order valence-corrected chi connectivity index (χ4v) is 3.29. The van der Waals surface area contributed by atoms with Gasteiger partial charge in [-0.05, 0) is 29.8 Å². The summed E-state index contributed by atoms with van der Waals surface area (Å²) in [5, 5.41) is 4.23. The maximum Gasteiger partial charge on any atom is 0.254 e. The third kappa shape index (κ3) is 3.68. The Morgan fingerprint density at radius 2 is 2.00 bits per heavy atom. The zero-order valence-corrected chi connectivity index (χ0v) is 14.5. The number of morpholine rings is 1. The van der Waals surface area contributed by atoms with Crippen LogP contribution in [0.25, 0.3) is 5.69 Å². The Labute approximate surface area is 152 Å². The van der Waals surface area contributed by atoms with E-state index in [0.717, 1.165) is 12.1 Å². The molecule has 5 nitrogen and oxygen atoms in total. The van der Waals surface area contributed by atoms with Crippen LogP contribution in [0.1, 0.15) is 15.9 Å². The molecule has 0 spiro atoms. The molecule has 0 unspecified atom stereocenters. The second kappa shape index (κ2) is 7.54. The van der Waals surface area contributed by atoms with Gasteiger partial charge in [-0.3, -0.25) is 4.79 Å². The molecule has 1 amide bonds. The molecule has 1 aromatic heterocycles. The number of aromatic nitrogens is 2. The largest absolute Gasteiger partial charge is 0.374 e. The molecule has 0 N–H and O–H groups in total. The predicted molar refractivity (Wildman–Crippen MR) is 99.4 cm³/mol. The summed E-state index contributed by atoms with van der Waals surface area (Å²) >= 11 is 0. The molecule has 132 valence electrons. The lowest BCUT2D eigenvalue weighted by molar-refractivity contribution is -0.0208. The first-order chi connectivity index (χ1) is 12.8. The van der Waals surface area contributed by atoms with Gasteiger partial charge in [0.2, 0.25) is 0 Å². The van der Waals surface area contributed by atoms with Crippen LogP contribution in [0.2, 0.25) is 0 Å². The number of nitrogens with zero attached hydrogens (tertiary/aromatic N) is 3. The van der Waals surface area contributed by atoms with Crippen molar-refractivity contribution in [1.29, 1.82) is 0 Å². The van der Waals surface area contributed by atoms with Gasteiger partial charge in [-0.1, -0.05) is 36.4 Å². The van der Waals surface area contributed by atoms with Gasteiger partial charge in [0.15, 0.2) is 0 Å². The minimum atomic E-state index is 0.0319. The van der Waals surface area contributed by atoms with Gasteiger partial charge in [0.25, 0.3) is 5.91 Å². The van der Waals surface area contributed by atoms with Gasteiger partial charge >= 0.3 is 0 Å². The summed E-state index contributed by atoms with van der Waals surface area (Å²) < 4.78 is 7.63. The highest BCUT2D eigenvalue weighted by Gasteiger charge is 2.25. The van der Waals surface area contributed by atoms with Gasteiger partial charge in [-0.15, -0.1) is 0 Å². The molecule has 5 heteroatoms. The Hall–Kier alpha value is -2.92. The molecular weight excluding hydrogens is 326 g/mol. The second-order valence-corrected chi connectivity index (χ2v) is 6.43. The van der Waals surface area contributed by atoms with Crippen molar-refractivity contribution in [2.45, 2.75) is 12.5 Å². The van der Waals surface area contributed by atoms with Crippen LogP contribution in [-0.4, -0.2) is 46.4 Å². The van der Waals surface area contributed by atoms with Crippen molar-refractivity contribution >= 4 is 5.91 Å². The van der Waals surface area contributed by atoms with E-state index in [2.05, 4.69) is 17.2 Å². The number of rotatable bonds is 4. The number of hydrogen-bond acceptors (Lipinski definition) is 3. The summed E-state index contributed by atoms with van der Waals surface area (Å²) in [6, 6.07) is 19.7. The number of amides is 1. The summed E-state index contributed by atoms with van der Waals surface area (Å²) in [5.74, 6) is 0.0420. The van der Waals surface area contributed by atoms with Crippen LogP contribution >= 0.6 is 0 Å². The van der Waals surface area contributed by atoms with Crippen molar-refractivity contribution in [2.24, 2.45) is 0 Å². The second-order valence-electron chi connectivity index (χ2n) is 6.43. The highest BCUT2D eigenvalue weighted by molar-refractivity contribution is 5.94. The average Bonchev–Trinajstić information content (AvgIpc) is 3.23. The molecule has 0 aliphatic carbocycles. The van der Waals surface area contributed by atoms with Crippen molar-refractivity contribution in [2.75, 3.05) is 19.7 Å². The van der Waals surface area contributed by atoms with E-state index in [4.69, 9.17) is 4.74 Å². The van der Waals surface area contributed by atoms with Crippen molar-refractivity contribution < 1.29 is 9.53 Å². The molecule has 0 saturated carbocycles. The molecule has 2 aromatic carbocycles. The van der Waals surface area contributed by atoms with E-state index >= 15 is 0 Å². The number of carbonyl (C=O) groups is 1. The van der Waals surface area contributed by atoms with Gasteiger partial charge in [-0.25, -0.2) is 4.68 Å². The van der Waals surface area contributed by atoms with E-state index in [0.29, 0.717) is 25.3 Å². The van der Waals surface area contributed by atoms with Gasteiger partial charge in [0, 0.05) is 37.5 Å². The number of ether oxygens (including phenoxy) is 1. The van der Waals surface area contributed by atoms with Crippen LogP contribution in [0.3, 0.4) is 0 Å². The lowest BCUT2D eigenvalue weighted by Crippen LogP contribution is -2.46. The highest BCUT2D eigenvalue weighted by Crippen LogP contribution is 2.16. The van der Waals surface area contributed by atoms with E-state index in [9.17, 15) is 4.79 Å². The van der Waals surface area contributed by atoms with E-state index in [1.54, 1.807) is 10.9 Å². The van der Waals surface area contributed by atoms with Crippen LogP contribution in [0.5, 0.6) is 0 Å². The number of benzene rings is 2. The SMILES string of the molecule is O=C(c1cccc(-n2cccn2)c1)N1CCO[C@H](Cc2ccccc2)C1. The molecule has 26 heavy (non-hydrogen) atoms. The Bertz CT molecular complexity index is 862. The van der Waals surface area contributed by atoms with Crippen LogP contribution in [-0.2, 0) is 11.2 Å². The van der Waals surface area contributed by atoms with Crippen molar-refractivity contribution in [3.63, 3.8) is 0 Å². The fraction of sp³-hybridized carbons (Fsp3) is 0.238. The third-order valence-corrected chi connectivity index (χ3v) is 4.59. The summed E-state index contributed by atoms with van der Waals surface area (Å²) in [5.41, 5.74) is 2.79. The predicted octanol–water partition coefficient (Wildman–Crippen LogP) is 2.96. The zero-order valence-electron chi connectivity index (χ0n) is 14.5.